The molecule has 0 saturated carbocycles. The molecule has 1 atom stereocenters. The molecule has 1 fully saturated rings. The standard InChI is InChI=1S/C10H19F3N2O/c1-15(6-3-10(11,12)13)5-2-9-8-16-7-4-14-9/h9,14H,2-8H2,1H3. The minimum atomic E-state index is -4.06. The number of nitrogens with zero attached hydrogens (tertiary/aromatic N) is 1. The average molecular weight is 240 g/mol. The minimum Gasteiger partial charge on any atom is -0.379 e. The summed E-state index contributed by atoms with van der Waals surface area (Å²) in [6.45, 7) is 2.94. The van der Waals surface area contributed by atoms with E-state index < -0.39 is 12.6 Å². The van der Waals surface area contributed by atoms with Gasteiger partial charge in [0, 0.05) is 19.1 Å². The van der Waals surface area contributed by atoms with Gasteiger partial charge >= 0.3 is 6.18 Å². The summed E-state index contributed by atoms with van der Waals surface area (Å²) in [6.07, 6.45) is -3.97. The minimum absolute atomic E-state index is 0.0665. The Balaban J connectivity index is 2.07. The van der Waals surface area contributed by atoms with Crippen molar-refractivity contribution in [1.82, 2.24) is 10.2 Å². The van der Waals surface area contributed by atoms with Crippen LogP contribution in [0.5, 0.6) is 0 Å². The lowest BCUT2D eigenvalue weighted by molar-refractivity contribution is -0.137. The Morgan fingerprint density at radius 3 is 2.69 bits per heavy atom. The van der Waals surface area contributed by atoms with Gasteiger partial charge in [0.1, 0.15) is 0 Å². The fraction of sp³-hybridized carbons (Fsp3) is 1.00. The lowest BCUT2D eigenvalue weighted by Crippen LogP contribution is -2.43. The third-order valence-corrected chi connectivity index (χ3v) is 2.63. The molecular weight excluding hydrogens is 221 g/mol. The van der Waals surface area contributed by atoms with Gasteiger partial charge < -0.3 is 15.0 Å². The number of nitrogens with one attached hydrogen (secondary N) is 1. The highest BCUT2D eigenvalue weighted by Gasteiger charge is 2.27. The van der Waals surface area contributed by atoms with Crippen LogP contribution in [0.1, 0.15) is 12.8 Å². The summed E-state index contributed by atoms with van der Waals surface area (Å²) in [5.74, 6) is 0. The molecule has 3 nitrogen and oxygen atoms in total. The van der Waals surface area contributed by atoms with E-state index in [1.165, 1.54) is 0 Å². The zero-order valence-electron chi connectivity index (χ0n) is 9.52. The van der Waals surface area contributed by atoms with E-state index in [4.69, 9.17) is 4.74 Å². The van der Waals surface area contributed by atoms with Crippen molar-refractivity contribution in [2.24, 2.45) is 0 Å². The van der Waals surface area contributed by atoms with Crippen molar-refractivity contribution in [3.8, 4) is 0 Å². The van der Waals surface area contributed by atoms with Crippen molar-refractivity contribution in [2.45, 2.75) is 25.1 Å². The van der Waals surface area contributed by atoms with Crippen LogP contribution in [0.2, 0.25) is 0 Å². The zero-order valence-corrected chi connectivity index (χ0v) is 9.52. The fourth-order valence-corrected chi connectivity index (χ4v) is 1.61. The number of ether oxygens (including phenoxy) is 1. The summed E-state index contributed by atoms with van der Waals surface area (Å²) < 4.78 is 41.1. The Bertz CT molecular complexity index is 193. The second kappa shape index (κ2) is 6.42. The Hall–Kier alpha value is -0.330. The first kappa shape index (κ1) is 13.7. The van der Waals surface area contributed by atoms with Crippen LogP contribution in [0.15, 0.2) is 0 Å². The van der Waals surface area contributed by atoms with Crippen molar-refractivity contribution in [1.29, 1.82) is 0 Å². The van der Waals surface area contributed by atoms with E-state index in [-0.39, 0.29) is 12.6 Å². The van der Waals surface area contributed by atoms with Crippen LogP contribution in [-0.4, -0.2) is 57.0 Å². The maximum Gasteiger partial charge on any atom is 0.390 e. The van der Waals surface area contributed by atoms with Crippen LogP contribution in [0.4, 0.5) is 13.2 Å². The summed E-state index contributed by atoms with van der Waals surface area (Å²) in [7, 11) is 1.72. The van der Waals surface area contributed by atoms with Crippen LogP contribution in [-0.2, 0) is 4.74 Å². The number of hydrogen-bond acceptors (Lipinski definition) is 3. The average Bonchev–Trinajstić information content (AvgIpc) is 2.24. The third-order valence-electron chi connectivity index (χ3n) is 2.63. The van der Waals surface area contributed by atoms with Gasteiger partial charge in [-0.2, -0.15) is 13.2 Å². The molecule has 0 aromatic rings. The molecule has 0 aliphatic carbocycles. The van der Waals surface area contributed by atoms with Gasteiger partial charge in [-0.15, -0.1) is 0 Å². The number of halogens is 3. The Morgan fingerprint density at radius 2 is 2.12 bits per heavy atom. The molecule has 0 amide bonds. The van der Waals surface area contributed by atoms with E-state index in [0.717, 1.165) is 19.6 Å². The Kier molecular flexibility index (Phi) is 5.51. The Morgan fingerprint density at radius 1 is 1.38 bits per heavy atom. The number of rotatable bonds is 5. The Labute approximate surface area is 93.9 Å². The van der Waals surface area contributed by atoms with Crippen LogP contribution >= 0.6 is 0 Å². The molecule has 1 rings (SSSR count). The van der Waals surface area contributed by atoms with E-state index in [1.807, 2.05) is 0 Å². The first-order valence-corrected chi connectivity index (χ1v) is 5.54. The molecule has 1 aliphatic rings. The van der Waals surface area contributed by atoms with Crippen molar-refractivity contribution >= 4 is 0 Å². The molecule has 0 spiro atoms. The van der Waals surface area contributed by atoms with E-state index >= 15 is 0 Å². The molecule has 0 bridgehead atoms. The number of alkyl halides is 3. The smallest absolute Gasteiger partial charge is 0.379 e. The van der Waals surface area contributed by atoms with Crippen molar-refractivity contribution in [3.05, 3.63) is 0 Å². The van der Waals surface area contributed by atoms with Crippen molar-refractivity contribution in [2.75, 3.05) is 39.9 Å². The SMILES string of the molecule is CN(CCC1COCCN1)CCC(F)(F)F. The fourth-order valence-electron chi connectivity index (χ4n) is 1.61. The van der Waals surface area contributed by atoms with Crippen LogP contribution in [0, 0.1) is 0 Å². The van der Waals surface area contributed by atoms with Crippen LogP contribution < -0.4 is 5.32 Å². The van der Waals surface area contributed by atoms with Gasteiger partial charge in [0.15, 0.2) is 0 Å². The summed E-state index contributed by atoms with van der Waals surface area (Å²) in [5.41, 5.74) is 0. The largest absolute Gasteiger partial charge is 0.390 e. The molecule has 6 heteroatoms. The predicted molar refractivity (Wildman–Crippen MR) is 55.4 cm³/mol. The zero-order chi connectivity index (χ0) is 12.0. The van der Waals surface area contributed by atoms with E-state index in [0.29, 0.717) is 13.2 Å². The van der Waals surface area contributed by atoms with E-state index in [2.05, 4.69) is 5.32 Å². The quantitative estimate of drug-likeness (QED) is 0.782. The maximum atomic E-state index is 12.0. The highest BCUT2D eigenvalue weighted by atomic mass is 19.4. The normalized spacial score (nSPS) is 22.7. The number of morpholine rings is 1. The molecular formula is C10H19F3N2O. The third kappa shape index (κ3) is 6.30. The van der Waals surface area contributed by atoms with Gasteiger partial charge in [0.25, 0.3) is 0 Å². The van der Waals surface area contributed by atoms with E-state index in [1.54, 1.807) is 11.9 Å². The molecule has 1 aliphatic heterocycles. The summed E-state index contributed by atoms with van der Waals surface area (Å²) in [4.78, 5) is 1.71. The molecule has 0 radical (unpaired) electrons. The topological polar surface area (TPSA) is 24.5 Å². The van der Waals surface area contributed by atoms with Crippen molar-refractivity contribution in [3.63, 3.8) is 0 Å². The second-order valence-corrected chi connectivity index (χ2v) is 4.18. The van der Waals surface area contributed by atoms with Crippen molar-refractivity contribution < 1.29 is 17.9 Å². The van der Waals surface area contributed by atoms with Gasteiger partial charge in [-0.3, -0.25) is 0 Å². The lowest BCUT2D eigenvalue weighted by atomic mass is 10.2. The monoisotopic (exact) mass is 240 g/mol. The molecule has 96 valence electrons. The molecule has 1 heterocycles. The molecule has 1 saturated heterocycles. The summed E-state index contributed by atoms with van der Waals surface area (Å²) in [5, 5.41) is 3.27. The van der Waals surface area contributed by atoms with Crippen LogP contribution in [0.25, 0.3) is 0 Å². The maximum absolute atomic E-state index is 12.0. The van der Waals surface area contributed by atoms with Gasteiger partial charge in [0.05, 0.1) is 19.6 Å². The lowest BCUT2D eigenvalue weighted by Gasteiger charge is -2.26. The van der Waals surface area contributed by atoms with Gasteiger partial charge in [0.2, 0.25) is 0 Å². The molecule has 1 unspecified atom stereocenters. The predicted octanol–water partition coefficient (Wildman–Crippen LogP) is 1.25. The number of hydrogen-bond donors (Lipinski definition) is 1. The van der Waals surface area contributed by atoms with Gasteiger partial charge in [-0.25, -0.2) is 0 Å². The molecule has 0 aromatic carbocycles. The van der Waals surface area contributed by atoms with Crippen LogP contribution in [0.3, 0.4) is 0 Å². The molecule has 0 aromatic heterocycles. The van der Waals surface area contributed by atoms with Gasteiger partial charge in [-0.05, 0) is 20.0 Å². The highest BCUT2D eigenvalue weighted by molar-refractivity contribution is 4.71. The van der Waals surface area contributed by atoms with Gasteiger partial charge in [-0.1, -0.05) is 0 Å². The van der Waals surface area contributed by atoms with E-state index in [9.17, 15) is 13.2 Å². The summed E-state index contributed by atoms with van der Waals surface area (Å²) >= 11 is 0. The first-order chi connectivity index (χ1) is 7.47. The second-order valence-electron chi connectivity index (χ2n) is 4.18. The first-order valence-electron chi connectivity index (χ1n) is 5.54. The molecule has 1 N–H and O–H groups in total. The highest BCUT2D eigenvalue weighted by Crippen LogP contribution is 2.19. The summed E-state index contributed by atoms with van der Waals surface area (Å²) in [6, 6.07) is 0.280. The molecule has 16 heavy (non-hydrogen) atoms.